The summed E-state index contributed by atoms with van der Waals surface area (Å²) in [7, 11) is -3.63. The first-order valence-corrected chi connectivity index (χ1v) is 10.9. The maximum absolute atomic E-state index is 12.8. The van der Waals surface area contributed by atoms with Crippen molar-refractivity contribution in [2.45, 2.75) is 11.8 Å². The van der Waals surface area contributed by atoms with Crippen LogP contribution in [0.2, 0.25) is 0 Å². The molecule has 3 aromatic rings. The van der Waals surface area contributed by atoms with E-state index in [9.17, 15) is 8.42 Å². The molecule has 0 aliphatic rings. The summed E-state index contributed by atoms with van der Waals surface area (Å²) in [5.74, 6) is 0. The Balaban J connectivity index is 2.32. The van der Waals surface area contributed by atoms with Crippen LogP contribution < -0.4 is 21.2 Å². The van der Waals surface area contributed by atoms with Gasteiger partial charge < -0.3 is 0 Å². The van der Waals surface area contributed by atoms with Crippen molar-refractivity contribution in [2.24, 2.45) is 0 Å². The van der Waals surface area contributed by atoms with Crippen molar-refractivity contribution >= 4 is 21.1 Å². The molecule has 0 bridgehead atoms. The fourth-order valence-electron chi connectivity index (χ4n) is 2.20. The summed E-state index contributed by atoms with van der Waals surface area (Å²) in [5.41, 5.74) is 1.35. The minimum absolute atomic E-state index is 0.247. The van der Waals surface area contributed by atoms with E-state index >= 15 is 0 Å². The summed E-state index contributed by atoms with van der Waals surface area (Å²) in [4.78, 5) is 10.8. The summed E-state index contributed by atoms with van der Waals surface area (Å²) in [5, 5.41) is 0.868. The number of alkyl halides is 1. The molecule has 0 spiro atoms. The van der Waals surface area contributed by atoms with Crippen LogP contribution in [-0.2, 0) is 10.0 Å². The van der Waals surface area contributed by atoms with E-state index in [0.29, 0.717) is 5.65 Å². The molecule has 0 saturated carbocycles. The van der Waals surface area contributed by atoms with Crippen molar-refractivity contribution < 1.29 is 29.6 Å². The van der Waals surface area contributed by atoms with Crippen LogP contribution in [-0.4, -0.2) is 27.3 Å². The third-order valence-corrected chi connectivity index (χ3v) is 6.68. The molecule has 0 N–H and O–H groups in total. The number of nitrogens with zero attached hydrogens (tertiary/aromatic N) is 3. The topological polar surface area (TPSA) is 64.8 Å². The van der Waals surface area contributed by atoms with Gasteiger partial charge in [-0.05, 0) is 0 Å². The molecule has 2 aromatic heterocycles. The molecule has 110 valence electrons. The molecule has 2 heterocycles. The molecule has 0 amide bonds. The van der Waals surface area contributed by atoms with Gasteiger partial charge in [-0.25, -0.2) is 0 Å². The van der Waals surface area contributed by atoms with E-state index in [2.05, 4.69) is 14.9 Å². The van der Waals surface area contributed by atoms with Gasteiger partial charge in [0.1, 0.15) is 0 Å². The quantitative estimate of drug-likeness (QED) is 0.309. The van der Waals surface area contributed by atoms with Crippen LogP contribution in [0.15, 0.2) is 47.8 Å². The number of fused-ring (bicyclic) bond motifs is 1. The number of benzene rings is 1. The zero-order valence-corrected chi connectivity index (χ0v) is 14.5. The van der Waals surface area contributed by atoms with Gasteiger partial charge in [0.15, 0.2) is 0 Å². The third kappa shape index (κ3) is 2.34. The van der Waals surface area contributed by atoms with Crippen molar-refractivity contribution in [1.29, 1.82) is 0 Å². The predicted octanol–water partition coefficient (Wildman–Crippen LogP) is -1.13. The normalized spacial score (nSPS) is 12.1. The van der Waals surface area contributed by atoms with Gasteiger partial charge in [-0.1, -0.05) is 0 Å². The van der Waals surface area contributed by atoms with Crippen molar-refractivity contribution in [3.8, 4) is 0 Å². The van der Waals surface area contributed by atoms with Crippen molar-refractivity contribution in [3.05, 3.63) is 52.1 Å². The number of aromatic nitrogens is 3. The average molecular weight is 414 g/mol. The molecular formula is C14H13IN3O2S-. The molecule has 0 atom stereocenters. The number of hydrogen-bond acceptors (Lipinski definition) is 4. The predicted molar refractivity (Wildman–Crippen MR) is 75.9 cm³/mol. The Morgan fingerprint density at radius 2 is 1.86 bits per heavy atom. The van der Waals surface area contributed by atoms with Gasteiger partial charge in [-0.15, -0.1) is 0 Å². The van der Waals surface area contributed by atoms with Gasteiger partial charge in [0.05, 0.1) is 0 Å². The van der Waals surface area contributed by atoms with Crippen molar-refractivity contribution in [3.63, 3.8) is 0 Å². The van der Waals surface area contributed by atoms with Crippen LogP contribution in [0, 0.1) is 10.6 Å². The Bertz CT molecular complexity index is 905. The molecule has 0 aliphatic heterocycles. The molecule has 1 aromatic carbocycles. The van der Waals surface area contributed by atoms with Gasteiger partial charge in [0, 0.05) is 0 Å². The molecule has 0 radical (unpaired) electrons. The fraction of sp³-hybridized carbons (Fsp3) is 0.143. The van der Waals surface area contributed by atoms with Crippen molar-refractivity contribution in [1.82, 2.24) is 13.9 Å². The van der Waals surface area contributed by atoms with Gasteiger partial charge >= 0.3 is 133 Å². The molecule has 7 heteroatoms. The first kappa shape index (κ1) is 14.5. The zero-order chi connectivity index (χ0) is 15.0. The maximum atomic E-state index is 12.8. The Hall–Kier alpha value is -1.48. The van der Waals surface area contributed by atoms with E-state index in [1.165, 1.54) is 10.3 Å². The summed E-state index contributed by atoms with van der Waals surface area (Å²) >= 11 is -0.247. The minimum atomic E-state index is -3.63. The van der Waals surface area contributed by atoms with Crippen LogP contribution in [0.1, 0.15) is 5.56 Å². The molecule has 5 nitrogen and oxygen atoms in total. The van der Waals surface area contributed by atoms with Crippen molar-refractivity contribution in [2.75, 3.05) is 4.93 Å². The number of halogens is 1. The molecular weight excluding hydrogens is 401 g/mol. The Morgan fingerprint density at radius 3 is 2.52 bits per heavy atom. The van der Waals surface area contributed by atoms with E-state index < -0.39 is 10.0 Å². The van der Waals surface area contributed by atoms with E-state index in [1.807, 2.05) is 6.92 Å². The van der Waals surface area contributed by atoms with Crippen LogP contribution in [0.25, 0.3) is 11.0 Å². The van der Waals surface area contributed by atoms with Crippen LogP contribution in [0.3, 0.4) is 0 Å². The summed E-state index contributed by atoms with van der Waals surface area (Å²) < 4.78 is 27.8. The Kier molecular flexibility index (Phi) is 3.70. The van der Waals surface area contributed by atoms with Gasteiger partial charge in [-0.3, -0.25) is 0 Å². The molecule has 21 heavy (non-hydrogen) atoms. The van der Waals surface area contributed by atoms with Crippen LogP contribution in [0.4, 0.5) is 0 Å². The second-order valence-corrected chi connectivity index (χ2v) is 8.39. The number of rotatable bonds is 3. The summed E-state index contributed by atoms with van der Waals surface area (Å²) in [6.07, 6.45) is 3.07. The number of aryl methyl sites for hydroxylation is 1. The van der Waals surface area contributed by atoms with Gasteiger partial charge in [0.2, 0.25) is 0 Å². The molecule has 0 fully saturated rings. The fourth-order valence-corrected chi connectivity index (χ4v) is 5.20. The molecule has 3 rings (SSSR count). The summed E-state index contributed by atoms with van der Waals surface area (Å²) in [6.45, 7) is 1.89. The standard InChI is InChI=1S/C14H13IN3O2S/c1-10-8-18(14-12(10)13(15-2)16-9-17-14)21(19,20)11-6-4-3-5-7-11/h3-9H,1-2H3/q-1. The Morgan fingerprint density at radius 1 is 1.14 bits per heavy atom. The number of hydrogen-bond donors (Lipinski definition) is 0. The monoisotopic (exact) mass is 414 g/mol. The second-order valence-electron chi connectivity index (χ2n) is 4.48. The van der Waals surface area contributed by atoms with E-state index in [4.69, 9.17) is 0 Å². The zero-order valence-electron chi connectivity index (χ0n) is 11.5. The van der Waals surface area contributed by atoms with E-state index in [1.54, 1.807) is 36.5 Å². The average Bonchev–Trinajstić information content (AvgIpc) is 2.86. The third-order valence-electron chi connectivity index (χ3n) is 3.17. The summed E-state index contributed by atoms with van der Waals surface area (Å²) in [6, 6.07) is 8.39. The molecule has 0 saturated heterocycles. The first-order valence-electron chi connectivity index (χ1n) is 6.18. The Labute approximate surface area is 133 Å². The van der Waals surface area contributed by atoms with E-state index in [-0.39, 0.29) is 26.1 Å². The van der Waals surface area contributed by atoms with Gasteiger partial charge in [0.25, 0.3) is 0 Å². The van der Waals surface area contributed by atoms with E-state index in [0.717, 1.165) is 14.7 Å². The second kappa shape index (κ2) is 5.38. The van der Waals surface area contributed by atoms with Crippen LogP contribution >= 0.6 is 0 Å². The SMILES string of the molecule is C[I-]c1ncnc2c1c(C)cn2S(=O)(=O)c1ccccc1. The molecule has 0 aliphatic carbocycles. The molecule has 0 unspecified atom stereocenters. The first-order chi connectivity index (χ1) is 10.1. The van der Waals surface area contributed by atoms with Crippen LogP contribution in [0.5, 0.6) is 0 Å². The van der Waals surface area contributed by atoms with Gasteiger partial charge in [-0.2, -0.15) is 0 Å².